The highest BCUT2D eigenvalue weighted by atomic mass is 32.1. The van der Waals surface area contributed by atoms with Crippen LogP contribution >= 0.6 is 11.3 Å². The summed E-state index contributed by atoms with van der Waals surface area (Å²) in [6, 6.07) is 11.6. The van der Waals surface area contributed by atoms with Crippen molar-refractivity contribution in [1.82, 2.24) is 9.88 Å². The molecule has 1 aromatic carbocycles. The van der Waals surface area contributed by atoms with Gasteiger partial charge in [-0.3, -0.25) is 14.7 Å². The number of furan rings is 1. The molecule has 152 valence electrons. The molecule has 31 heavy (non-hydrogen) atoms. The Balaban J connectivity index is 1.65. The van der Waals surface area contributed by atoms with Crippen molar-refractivity contribution in [2.24, 2.45) is 10.7 Å². The molecule has 0 saturated carbocycles. The van der Waals surface area contributed by atoms with Crippen LogP contribution in [0.25, 0.3) is 22.1 Å². The number of amides is 1. The van der Waals surface area contributed by atoms with E-state index >= 15 is 0 Å². The fourth-order valence-electron chi connectivity index (χ4n) is 4.12. The SMILES string of the molecule is [B]c1cncc(-c2csc([C@@]3(C)N=C(N)N(C)C(=O)[C@@H]3c3ccc4occc4c3)c2)c1. The summed E-state index contributed by atoms with van der Waals surface area (Å²) in [4.78, 5) is 24.8. The molecule has 1 aliphatic rings. The lowest BCUT2D eigenvalue weighted by Gasteiger charge is -2.40. The van der Waals surface area contributed by atoms with Crippen LogP contribution < -0.4 is 11.2 Å². The quantitative estimate of drug-likeness (QED) is 0.510. The van der Waals surface area contributed by atoms with Crippen LogP contribution in [0.15, 0.2) is 69.8 Å². The van der Waals surface area contributed by atoms with Crippen molar-refractivity contribution in [3.8, 4) is 11.1 Å². The number of likely N-dealkylation sites (N-methyl/N-ethyl adjacent to an activating group) is 1. The van der Waals surface area contributed by atoms with E-state index in [1.54, 1.807) is 37.0 Å². The Morgan fingerprint density at radius 1 is 1.19 bits per heavy atom. The van der Waals surface area contributed by atoms with E-state index in [1.807, 2.05) is 48.7 Å². The zero-order chi connectivity index (χ0) is 21.8. The highest BCUT2D eigenvalue weighted by Crippen LogP contribution is 2.47. The highest BCUT2D eigenvalue weighted by molar-refractivity contribution is 7.10. The number of nitrogens with two attached hydrogens (primary N) is 1. The molecule has 3 aromatic heterocycles. The Morgan fingerprint density at radius 2 is 2.03 bits per heavy atom. The lowest BCUT2D eigenvalue weighted by Crippen LogP contribution is -2.52. The molecular formula is C23H19BN4O2S. The number of guanidine groups is 1. The molecule has 4 heterocycles. The summed E-state index contributed by atoms with van der Waals surface area (Å²) in [6.45, 7) is 1.96. The minimum atomic E-state index is -0.859. The molecule has 2 N–H and O–H groups in total. The molecule has 0 fully saturated rings. The van der Waals surface area contributed by atoms with Gasteiger partial charge in [0.05, 0.1) is 12.2 Å². The van der Waals surface area contributed by atoms with Gasteiger partial charge in [0.15, 0.2) is 5.96 Å². The fraction of sp³-hybridized carbons (Fsp3) is 0.174. The summed E-state index contributed by atoms with van der Waals surface area (Å²) < 4.78 is 5.47. The van der Waals surface area contributed by atoms with Gasteiger partial charge in [-0.15, -0.1) is 11.3 Å². The van der Waals surface area contributed by atoms with Crippen LogP contribution in [0.1, 0.15) is 23.3 Å². The lowest BCUT2D eigenvalue weighted by atomic mass is 9.77. The van der Waals surface area contributed by atoms with Gasteiger partial charge in [-0.1, -0.05) is 17.6 Å². The first kappa shape index (κ1) is 19.6. The maximum absolute atomic E-state index is 13.4. The van der Waals surface area contributed by atoms with E-state index in [-0.39, 0.29) is 11.9 Å². The summed E-state index contributed by atoms with van der Waals surface area (Å²) in [6.07, 6.45) is 5.02. The summed E-state index contributed by atoms with van der Waals surface area (Å²) in [5.41, 5.74) is 9.42. The number of rotatable bonds is 3. The van der Waals surface area contributed by atoms with Gasteiger partial charge in [0.1, 0.15) is 19.0 Å². The van der Waals surface area contributed by atoms with Crippen molar-refractivity contribution >= 4 is 47.5 Å². The molecule has 6 nitrogen and oxygen atoms in total. The largest absolute Gasteiger partial charge is 0.464 e. The molecule has 1 aliphatic heterocycles. The molecule has 5 rings (SSSR count). The summed E-state index contributed by atoms with van der Waals surface area (Å²) in [5, 5.41) is 2.97. The number of carbonyl (C=O) groups excluding carboxylic acids is 1. The molecule has 4 aromatic rings. The molecule has 8 heteroatoms. The second-order valence-electron chi connectivity index (χ2n) is 7.87. The molecule has 0 spiro atoms. The highest BCUT2D eigenvalue weighted by Gasteiger charge is 2.48. The minimum absolute atomic E-state index is 0.0987. The third-order valence-electron chi connectivity index (χ3n) is 5.83. The summed E-state index contributed by atoms with van der Waals surface area (Å²) >= 11 is 1.54. The number of hydrogen-bond acceptors (Lipinski definition) is 6. The number of aliphatic imine (C=N–C) groups is 1. The Bertz CT molecular complexity index is 1340. The number of hydrogen-bond donors (Lipinski definition) is 1. The number of benzene rings is 1. The Hall–Kier alpha value is -3.39. The number of aromatic nitrogens is 1. The number of pyridine rings is 1. The first-order chi connectivity index (χ1) is 14.9. The van der Waals surface area contributed by atoms with Crippen molar-refractivity contribution in [2.75, 3.05) is 7.05 Å². The predicted octanol–water partition coefficient (Wildman–Crippen LogP) is 3.14. The van der Waals surface area contributed by atoms with Crippen LogP contribution in [-0.2, 0) is 10.3 Å². The van der Waals surface area contributed by atoms with Gasteiger partial charge in [-0.05, 0) is 47.7 Å². The predicted molar refractivity (Wildman–Crippen MR) is 124 cm³/mol. The van der Waals surface area contributed by atoms with Gasteiger partial charge in [-0.25, -0.2) is 4.99 Å². The number of nitrogens with zero attached hydrogens (tertiary/aromatic N) is 3. The van der Waals surface area contributed by atoms with E-state index in [9.17, 15) is 4.79 Å². The van der Waals surface area contributed by atoms with E-state index in [1.165, 1.54) is 4.90 Å². The van der Waals surface area contributed by atoms with Crippen molar-refractivity contribution in [3.05, 3.63) is 70.9 Å². The zero-order valence-corrected chi connectivity index (χ0v) is 17.9. The molecule has 0 saturated heterocycles. The second kappa shape index (κ2) is 7.09. The van der Waals surface area contributed by atoms with Gasteiger partial charge in [0, 0.05) is 35.3 Å². The Kier molecular flexibility index (Phi) is 4.48. The smallest absolute Gasteiger partial charge is 0.239 e. The van der Waals surface area contributed by atoms with Crippen molar-refractivity contribution in [1.29, 1.82) is 0 Å². The topological polar surface area (TPSA) is 84.7 Å². The van der Waals surface area contributed by atoms with Gasteiger partial charge in [-0.2, -0.15) is 0 Å². The lowest BCUT2D eigenvalue weighted by molar-refractivity contribution is -0.130. The molecule has 0 unspecified atom stereocenters. The average molecular weight is 426 g/mol. The fourth-order valence-corrected chi connectivity index (χ4v) is 5.18. The van der Waals surface area contributed by atoms with Crippen molar-refractivity contribution in [3.63, 3.8) is 0 Å². The number of carbonyl (C=O) groups is 1. The van der Waals surface area contributed by atoms with E-state index in [2.05, 4.69) is 4.98 Å². The van der Waals surface area contributed by atoms with E-state index in [4.69, 9.17) is 23.0 Å². The first-order valence-corrected chi connectivity index (χ1v) is 10.6. The van der Waals surface area contributed by atoms with E-state index in [0.29, 0.717) is 5.46 Å². The molecule has 1 amide bonds. The van der Waals surface area contributed by atoms with Crippen LogP contribution in [-0.4, -0.2) is 36.6 Å². The van der Waals surface area contributed by atoms with Crippen LogP contribution in [0.5, 0.6) is 0 Å². The van der Waals surface area contributed by atoms with Gasteiger partial charge in [0.2, 0.25) is 5.91 Å². The van der Waals surface area contributed by atoms with Gasteiger partial charge in [0.25, 0.3) is 0 Å². The average Bonchev–Trinajstić information content (AvgIpc) is 3.42. The van der Waals surface area contributed by atoms with Crippen LogP contribution in [0.4, 0.5) is 0 Å². The van der Waals surface area contributed by atoms with Crippen LogP contribution in [0, 0.1) is 0 Å². The summed E-state index contributed by atoms with van der Waals surface area (Å²) in [7, 11) is 7.56. The normalized spacial score (nSPS) is 21.5. The minimum Gasteiger partial charge on any atom is -0.464 e. The maximum atomic E-state index is 13.4. The molecule has 0 bridgehead atoms. The van der Waals surface area contributed by atoms with Crippen LogP contribution in [0.2, 0.25) is 0 Å². The Morgan fingerprint density at radius 3 is 2.84 bits per heavy atom. The molecular weight excluding hydrogens is 407 g/mol. The number of fused-ring (bicyclic) bond motifs is 1. The standard InChI is InChI=1S/C23H19BN4O2S/c1-23(19-9-16(12-31-19)15-8-17(24)11-26-10-15)20(21(29)28(2)22(25)27-23)14-3-4-18-13(7-14)5-6-30-18/h3-12,20H,1-2H3,(H2,25,27)/t20-,23+/m0/s1. The van der Waals surface area contributed by atoms with Crippen LogP contribution in [0.3, 0.4) is 0 Å². The monoisotopic (exact) mass is 426 g/mol. The molecule has 2 radical (unpaired) electrons. The number of thiophene rings is 1. The first-order valence-electron chi connectivity index (χ1n) is 9.77. The second-order valence-corrected chi connectivity index (χ2v) is 8.78. The zero-order valence-electron chi connectivity index (χ0n) is 17.1. The molecule has 2 atom stereocenters. The van der Waals surface area contributed by atoms with Crippen molar-refractivity contribution in [2.45, 2.75) is 18.4 Å². The van der Waals surface area contributed by atoms with Gasteiger partial charge < -0.3 is 10.2 Å². The maximum Gasteiger partial charge on any atom is 0.239 e. The summed E-state index contributed by atoms with van der Waals surface area (Å²) in [5.74, 6) is -0.429. The third-order valence-corrected chi connectivity index (χ3v) is 6.99. The Labute approximate surface area is 184 Å². The van der Waals surface area contributed by atoms with E-state index < -0.39 is 11.5 Å². The van der Waals surface area contributed by atoms with Crippen molar-refractivity contribution < 1.29 is 9.21 Å². The van der Waals surface area contributed by atoms with Gasteiger partial charge >= 0.3 is 0 Å². The third kappa shape index (κ3) is 3.14. The molecule has 0 aliphatic carbocycles. The van der Waals surface area contributed by atoms with E-state index in [0.717, 1.165) is 32.5 Å².